The predicted octanol–water partition coefficient (Wildman–Crippen LogP) is 1.43. The van der Waals surface area contributed by atoms with Crippen molar-refractivity contribution in [2.45, 2.75) is 0 Å². The summed E-state index contributed by atoms with van der Waals surface area (Å²) in [6, 6.07) is 0. The lowest BCUT2D eigenvalue weighted by Crippen LogP contribution is -2.19. The van der Waals surface area contributed by atoms with E-state index in [1.807, 2.05) is 0 Å². The van der Waals surface area contributed by atoms with Gasteiger partial charge in [-0.05, 0) is 0 Å². The van der Waals surface area contributed by atoms with Crippen molar-refractivity contribution in [3.05, 3.63) is 18.5 Å². The van der Waals surface area contributed by atoms with Gasteiger partial charge in [0, 0.05) is 25.8 Å². The summed E-state index contributed by atoms with van der Waals surface area (Å²) in [5.41, 5.74) is -0.238. The van der Waals surface area contributed by atoms with Crippen LogP contribution >= 0.6 is 19.3 Å². The van der Waals surface area contributed by atoms with Crippen LogP contribution in [0.25, 0.3) is 0 Å². The molecule has 1 heterocycles. The molecule has 0 atom stereocenters. The molecule has 0 fully saturated rings. The summed E-state index contributed by atoms with van der Waals surface area (Å²) in [6.07, 6.45) is 1.45. The van der Waals surface area contributed by atoms with Gasteiger partial charge in [-0.15, -0.1) is 0 Å². The van der Waals surface area contributed by atoms with Gasteiger partial charge in [0.15, 0.2) is 0 Å². The van der Waals surface area contributed by atoms with E-state index in [0.29, 0.717) is 0 Å². The van der Waals surface area contributed by atoms with Gasteiger partial charge in [-0.25, -0.2) is 9.36 Å². The number of nitrogens with zero attached hydrogens (tertiary/aromatic N) is 3. The zero-order chi connectivity index (χ0) is 16.6. The number of ether oxygens (including phenoxy) is 1. The van der Waals surface area contributed by atoms with E-state index in [0.717, 1.165) is 11.5 Å². The molecule has 1 aromatic heterocycles. The smallest absolute Gasteiger partial charge is 0.434 e. The van der Waals surface area contributed by atoms with E-state index < -0.39 is 13.7 Å². The third-order valence-electron chi connectivity index (χ3n) is 2.08. The maximum absolute atomic E-state index is 11.9. The molecule has 22 heavy (non-hydrogen) atoms. The maximum atomic E-state index is 11.9. The molecule has 0 spiro atoms. The number of hydrogen-bond acceptors (Lipinski definition) is 10. The van der Waals surface area contributed by atoms with Crippen LogP contribution in [0.5, 0.6) is 0 Å². The molecule has 0 amide bonds. The standard InChI is InChI=1S/C10H15N4O6PS/c1-5-6-20-12-7(9(15)17-2)8-11-10(22-14-8)13-21(16,18-3)19-4/h5H,1,6H2,2-4H3,(H,11,13,14,16)/b12-7-. The van der Waals surface area contributed by atoms with Crippen LogP contribution in [-0.2, 0) is 28.0 Å². The number of carbonyl (C=O) groups excluding carboxylic acids is 1. The van der Waals surface area contributed by atoms with Gasteiger partial charge in [0.25, 0.3) is 0 Å². The van der Waals surface area contributed by atoms with Crippen molar-refractivity contribution in [2.75, 3.05) is 33.0 Å². The van der Waals surface area contributed by atoms with Crippen molar-refractivity contribution < 1.29 is 28.0 Å². The molecular formula is C10H15N4O6PS. The van der Waals surface area contributed by atoms with Crippen LogP contribution in [0.1, 0.15) is 5.82 Å². The van der Waals surface area contributed by atoms with E-state index in [9.17, 15) is 9.36 Å². The van der Waals surface area contributed by atoms with Crippen molar-refractivity contribution >= 4 is 36.1 Å². The van der Waals surface area contributed by atoms with Crippen molar-refractivity contribution in [1.82, 2.24) is 9.36 Å². The van der Waals surface area contributed by atoms with E-state index in [1.165, 1.54) is 27.4 Å². The second-order valence-corrected chi connectivity index (χ2v) is 6.11. The number of oxime groups is 1. The molecule has 1 rings (SSSR count). The number of methoxy groups -OCH3 is 1. The molecule has 12 heteroatoms. The van der Waals surface area contributed by atoms with Crippen molar-refractivity contribution in [2.24, 2.45) is 5.16 Å². The Morgan fingerprint density at radius 3 is 2.68 bits per heavy atom. The minimum absolute atomic E-state index is 0.0535. The maximum Gasteiger partial charge on any atom is 0.434 e. The highest BCUT2D eigenvalue weighted by Gasteiger charge is 2.26. The van der Waals surface area contributed by atoms with E-state index >= 15 is 0 Å². The van der Waals surface area contributed by atoms with Gasteiger partial charge in [-0.3, -0.25) is 14.1 Å². The lowest BCUT2D eigenvalue weighted by atomic mass is 10.4. The van der Waals surface area contributed by atoms with Crippen LogP contribution in [0, 0.1) is 0 Å². The molecule has 10 nitrogen and oxygen atoms in total. The Bertz CT molecular complexity index is 596. The van der Waals surface area contributed by atoms with Crippen LogP contribution in [0.3, 0.4) is 0 Å². The Balaban J connectivity index is 2.99. The van der Waals surface area contributed by atoms with Crippen LogP contribution < -0.4 is 5.09 Å². The number of esters is 1. The highest BCUT2D eigenvalue weighted by atomic mass is 32.1. The Morgan fingerprint density at radius 1 is 1.45 bits per heavy atom. The van der Waals surface area contributed by atoms with Crippen LogP contribution in [0.4, 0.5) is 5.13 Å². The lowest BCUT2D eigenvalue weighted by molar-refractivity contribution is -0.132. The lowest BCUT2D eigenvalue weighted by Gasteiger charge is -2.12. The molecule has 0 bridgehead atoms. The summed E-state index contributed by atoms with van der Waals surface area (Å²) in [6.45, 7) is 3.55. The average molecular weight is 350 g/mol. The topological polar surface area (TPSA) is 121 Å². The van der Waals surface area contributed by atoms with Crippen molar-refractivity contribution in [3.63, 3.8) is 0 Å². The predicted molar refractivity (Wildman–Crippen MR) is 79.9 cm³/mol. The first-order chi connectivity index (χ1) is 10.5. The van der Waals surface area contributed by atoms with E-state index in [4.69, 9.17) is 13.9 Å². The SMILES string of the molecule is C=CCO/N=C(\C(=O)OC)c1nsc(NP(=O)(OC)OC)n1. The molecule has 1 aromatic rings. The summed E-state index contributed by atoms with van der Waals surface area (Å²) in [4.78, 5) is 20.5. The Hall–Kier alpha value is -1.81. The fourth-order valence-electron chi connectivity index (χ4n) is 1.07. The third-order valence-corrected chi connectivity index (χ3v) is 4.31. The summed E-state index contributed by atoms with van der Waals surface area (Å²) in [7, 11) is 0.0862. The van der Waals surface area contributed by atoms with Gasteiger partial charge >= 0.3 is 13.7 Å². The second kappa shape index (κ2) is 8.59. The fourth-order valence-corrected chi connectivity index (χ4v) is 2.61. The molecule has 0 aliphatic rings. The summed E-state index contributed by atoms with van der Waals surface area (Å²) >= 11 is 0.834. The van der Waals surface area contributed by atoms with Crippen LogP contribution in [0.15, 0.2) is 17.8 Å². The molecule has 0 aliphatic heterocycles. The third kappa shape index (κ3) is 4.88. The molecule has 0 unspecified atom stereocenters. The number of hydrogen-bond donors (Lipinski definition) is 1. The molecule has 0 saturated heterocycles. The van der Waals surface area contributed by atoms with Crippen molar-refractivity contribution in [1.29, 1.82) is 0 Å². The summed E-state index contributed by atoms with van der Waals surface area (Å²) in [5, 5.41) is 6.16. The molecular weight excluding hydrogens is 335 g/mol. The molecule has 122 valence electrons. The van der Waals surface area contributed by atoms with Gasteiger partial charge in [0.2, 0.25) is 16.7 Å². The van der Waals surface area contributed by atoms with Gasteiger partial charge in [0.05, 0.1) is 7.11 Å². The van der Waals surface area contributed by atoms with Gasteiger partial charge in [-0.1, -0.05) is 17.8 Å². The normalized spacial score (nSPS) is 11.9. The van der Waals surface area contributed by atoms with Gasteiger partial charge in [-0.2, -0.15) is 9.36 Å². The van der Waals surface area contributed by atoms with Crippen LogP contribution in [-0.4, -0.2) is 49.0 Å². The zero-order valence-corrected chi connectivity index (χ0v) is 13.8. The van der Waals surface area contributed by atoms with Crippen LogP contribution in [0.2, 0.25) is 0 Å². The molecule has 0 aromatic carbocycles. The van der Waals surface area contributed by atoms with E-state index in [-0.39, 0.29) is 23.3 Å². The Kier molecular flexibility index (Phi) is 7.12. The average Bonchev–Trinajstić information content (AvgIpc) is 2.98. The second-order valence-electron chi connectivity index (χ2n) is 3.41. The highest BCUT2D eigenvalue weighted by molar-refractivity contribution is 7.55. The number of rotatable bonds is 9. The first kappa shape index (κ1) is 18.2. The quantitative estimate of drug-likeness (QED) is 0.176. The number of carbonyl (C=O) groups is 1. The fraction of sp³-hybridized carbons (Fsp3) is 0.400. The molecule has 1 N–H and O–H groups in total. The largest absolute Gasteiger partial charge is 0.464 e. The number of anilines is 1. The number of aromatic nitrogens is 2. The number of nitrogens with one attached hydrogen (secondary N) is 1. The minimum Gasteiger partial charge on any atom is -0.464 e. The first-order valence-corrected chi connectivity index (χ1v) is 8.04. The van der Waals surface area contributed by atoms with Gasteiger partial charge < -0.3 is 9.57 Å². The minimum atomic E-state index is -3.52. The highest BCUT2D eigenvalue weighted by Crippen LogP contribution is 2.46. The summed E-state index contributed by atoms with van der Waals surface area (Å²) < 4.78 is 29.8. The molecule has 0 saturated carbocycles. The molecule has 0 radical (unpaired) electrons. The first-order valence-electron chi connectivity index (χ1n) is 5.72. The summed E-state index contributed by atoms with van der Waals surface area (Å²) in [5.74, 6) is -0.836. The Labute approximate surface area is 130 Å². The zero-order valence-electron chi connectivity index (χ0n) is 12.1. The van der Waals surface area contributed by atoms with Crippen molar-refractivity contribution in [3.8, 4) is 0 Å². The monoisotopic (exact) mass is 350 g/mol. The van der Waals surface area contributed by atoms with Gasteiger partial charge in [0.1, 0.15) is 6.61 Å². The Morgan fingerprint density at radius 2 is 2.14 bits per heavy atom. The molecule has 0 aliphatic carbocycles. The van der Waals surface area contributed by atoms with E-state index in [1.54, 1.807) is 0 Å². The van der Waals surface area contributed by atoms with E-state index in [2.05, 4.69) is 30.9 Å².